The number of carbonyl (C=O) groups is 1. The highest BCUT2D eigenvalue weighted by molar-refractivity contribution is 5.94. The highest BCUT2D eigenvalue weighted by Gasteiger charge is 2.01. The molecule has 2 aromatic rings. The Bertz CT molecular complexity index is 541. The number of carbonyl (C=O) groups excluding carboxylic acids is 1. The molecule has 0 heterocycles. The molecular weight excluding hydrogens is 224 g/mol. The Kier molecular flexibility index (Phi) is 3.78. The third-order valence-electron chi connectivity index (χ3n) is 2.80. The molecule has 2 aromatic carbocycles. The van der Waals surface area contributed by atoms with Crippen LogP contribution < -0.4 is 4.74 Å². The predicted octanol–water partition coefficient (Wildman–Crippen LogP) is 4.24. The smallest absolute Gasteiger partial charge is 0.159 e. The van der Waals surface area contributed by atoms with E-state index in [1.54, 1.807) is 19.1 Å². The van der Waals surface area contributed by atoms with Crippen LogP contribution in [-0.4, -0.2) is 5.78 Å². The predicted molar refractivity (Wildman–Crippen MR) is 72.3 cm³/mol. The Morgan fingerprint density at radius 1 is 1.06 bits per heavy atom. The molecule has 0 unspecified atom stereocenters. The third kappa shape index (κ3) is 2.98. The second-order valence-corrected chi connectivity index (χ2v) is 4.18. The summed E-state index contributed by atoms with van der Waals surface area (Å²) in [4.78, 5) is 11.2. The zero-order valence-corrected chi connectivity index (χ0v) is 10.6. The number of aryl methyl sites for hydroxylation is 1. The average molecular weight is 240 g/mol. The zero-order valence-electron chi connectivity index (χ0n) is 10.6. The van der Waals surface area contributed by atoms with Crippen molar-refractivity contribution in [2.45, 2.75) is 20.3 Å². The fraction of sp³-hybridized carbons (Fsp3) is 0.188. The maximum atomic E-state index is 11.2. The van der Waals surface area contributed by atoms with Crippen LogP contribution in [-0.2, 0) is 6.42 Å². The SMILES string of the molecule is CCc1cccc(Oc2ccc(C(C)=O)cc2)c1. The molecule has 0 atom stereocenters. The molecule has 2 rings (SSSR count). The molecule has 0 aliphatic carbocycles. The molecule has 18 heavy (non-hydrogen) atoms. The van der Waals surface area contributed by atoms with Crippen LogP contribution in [0, 0.1) is 0 Å². The van der Waals surface area contributed by atoms with Gasteiger partial charge in [-0.3, -0.25) is 4.79 Å². The van der Waals surface area contributed by atoms with E-state index in [1.165, 1.54) is 5.56 Å². The van der Waals surface area contributed by atoms with E-state index in [9.17, 15) is 4.79 Å². The lowest BCUT2D eigenvalue weighted by Crippen LogP contribution is -1.91. The van der Waals surface area contributed by atoms with Gasteiger partial charge in [0.25, 0.3) is 0 Å². The lowest BCUT2D eigenvalue weighted by molar-refractivity contribution is 0.101. The summed E-state index contributed by atoms with van der Waals surface area (Å²) < 4.78 is 5.74. The molecule has 0 saturated carbocycles. The lowest BCUT2D eigenvalue weighted by Gasteiger charge is -2.07. The number of hydrogen-bond donors (Lipinski definition) is 0. The molecule has 0 spiro atoms. The normalized spacial score (nSPS) is 10.1. The van der Waals surface area contributed by atoms with Gasteiger partial charge in [-0.1, -0.05) is 19.1 Å². The molecule has 0 radical (unpaired) electrons. The summed E-state index contributed by atoms with van der Waals surface area (Å²) in [7, 11) is 0. The number of ketones is 1. The topological polar surface area (TPSA) is 26.3 Å². The molecule has 0 aromatic heterocycles. The number of benzene rings is 2. The minimum Gasteiger partial charge on any atom is -0.457 e. The molecule has 0 aliphatic heterocycles. The van der Waals surface area contributed by atoms with Gasteiger partial charge in [-0.2, -0.15) is 0 Å². The van der Waals surface area contributed by atoms with E-state index in [-0.39, 0.29) is 5.78 Å². The van der Waals surface area contributed by atoms with Crippen LogP contribution in [0.25, 0.3) is 0 Å². The van der Waals surface area contributed by atoms with Crippen molar-refractivity contribution in [1.82, 2.24) is 0 Å². The van der Waals surface area contributed by atoms with Gasteiger partial charge in [-0.05, 0) is 55.3 Å². The molecule has 0 aliphatic rings. The maximum absolute atomic E-state index is 11.2. The Balaban J connectivity index is 2.15. The van der Waals surface area contributed by atoms with E-state index < -0.39 is 0 Å². The van der Waals surface area contributed by atoms with E-state index in [1.807, 2.05) is 30.3 Å². The van der Waals surface area contributed by atoms with Crippen molar-refractivity contribution < 1.29 is 9.53 Å². The van der Waals surface area contributed by atoms with E-state index in [0.29, 0.717) is 5.56 Å². The van der Waals surface area contributed by atoms with E-state index in [2.05, 4.69) is 13.0 Å². The number of Topliss-reactive ketones (excluding diaryl/α,β-unsaturated/α-hetero) is 1. The van der Waals surface area contributed by atoms with Crippen LogP contribution in [0.4, 0.5) is 0 Å². The van der Waals surface area contributed by atoms with Crippen LogP contribution in [0.15, 0.2) is 48.5 Å². The highest BCUT2D eigenvalue weighted by Crippen LogP contribution is 2.22. The third-order valence-corrected chi connectivity index (χ3v) is 2.80. The van der Waals surface area contributed by atoms with Gasteiger partial charge in [-0.25, -0.2) is 0 Å². The fourth-order valence-electron chi connectivity index (χ4n) is 1.72. The first-order valence-corrected chi connectivity index (χ1v) is 6.07. The van der Waals surface area contributed by atoms with Gasteiger partial charge in [0.15, 0.2) is 5.78 Å². The molecule has 0 saturated heterocycles. The minimum absolute atomic E-state index is 0.0644. The number of hydrogen-bond acceptors (Lipinski definition) is 2. The van der Waals surface area contributed by atoms with Crippen LogP contribution in [0.5, 0.6) is 11.5 Å². The van der Waals surface area contributed by atoms with Crippen LogP contribution >= 0.6 is 0 Å². The van der Waals surface area contributed by atoms with E-state index in [4.69, 9.17) is 4.74 Å². The number of ether oxygens (including phenoxy) is 1. The summed E-state index contributed by atoms with van der Waals surface area (Å²) in [6.07, 6.45) is 0.987. The van der Waals surface area contributed by atoms with Crippen LogP contribution in [0.2, 0.25) is 0 Å². The van der Waals surface area contributed by atoms with Crippen molar-refractivity contribution >= 4 is 5.78 Å². The molecule has 2 nitrogen and oxygen atoms in total. The van der Waals surface area contributed by atoms with Crippen molar-refractivity contribution in [3.05, 3.63) is 59.7 Å². The summed E-state index contributed by atoms with van der Waals surface area (Å²) >= 11 is 0. The van der Waals surface area contributed by atoms with Gasteiger partial charge in [0, 0.05) is 5.56 Å². The van der Waals surface area contributed by atoms with Crippen molar-refractivity contribution in [3.8, 4) is 11.5 Å². The van der Waals surface area contributed by atoms with Crippen molar-refractivity contribution in [3.63, 3.8) is 0 Å². The first-order valence-electron chi connectivity index (χ1n) is 6.07. The van der Waals surface area contributed by atoms with Gasteiger partial charge in [0.2, 0.25) is 0 Å². The van der Waals surface area contributed by atoms with Crippen molar-refractivity contribution in [2.75, 3.05) is 0 Å². The summed E-state index contributed by atoms with van der Waals surface area (Å²) in [5.74, 6) is 1.63. The highest BCUT2D eigenvalue weighted by atomic mass is 16.5. The quantitative estimate of drug-likeness (QED) is 0.747. The van der Waals surface area contributed by atoms with Gasteiger partial charge in [-0.15, -0.1) is 0 Å². The van der Waals surface area contributed by atoms with Gasteiger partial charge in [0.05, 0.1) is 0 Å². The Labute approximate surface area is 107 Å². The van der Waals surface area contributed by atoms with Gasteiger partial charge < -0.3 is 4.74 Å². The van der Waals surface area contributed by atoms with E-state index >= 15 is 0 Å². The molecule has 2 heteroatoms. The fourth-order valence-corrected chi connectivity index (χ4v) is 1.72. The van der Waals surface area contributed by atoms with E-state index in [0.717, 1.165) is 17.9 Å². The summed E-state index contributed by atoms with van der Waals surface area (Å²) in [5.41, 5.74) is 1.94. The Morgan fingerprint density at radius 2 is 1.78 bits per heavy atom. The summed E-state index contributed by atoms with van der Waals surface area (Å²) in [5, 5.41) is 0. The van der Waals surface area contributed by atoms with Crippen molar-refractivity contribution in [2.24, 2.45) is 0 Å². The van der Waals surface area contributed by atoms with Crippen LogP contribution in [0.3, 0.4) is 0 Å². The molecule has 0 fully saturated rings. The minimum atomic E-state index is 0.0644. The summed E-state index contributed by atoms with van der Waals surface area (Å²) in [6.45, 7) is 3.67. The number of rotatable bonds is 4. The zero-order chi connectivity index (χ0) is 13.0. The average Bonchev–Trinajstić information content (AvgIpc) is 2.39. The molecule has 92 valence electrons. The van der Waals surface area contributed by atoms with Gasteiger partial charge in [0.1, 0.15) is 11.5 Å². The molecule has 0 N–H and O–H groups in total. The maximum Gasteiger partial charge on any atom is 0.159 e. The Morgan fingerprint density at radius 3 is 2.39 bits per heavy atom. The largest absolute Gasteiger partial charge is 0.457 e. The van der Waals surface area contributed by atoms with Crippen molar-refractivity contribution in [1.29, 1.82) is 0 Å². The van der Waals surface area contributed by atoms with Gasteiger partial charge >= 0.3 is 0 Å². The first kappa shape index (κ1) is 12.4. The summed E-state index contributed by atoms with van der Waals surface area (Å²) in [6, 6.07) is 15.2. The molecule has 0 amide bonds. The second-order valence-electron chi connectivity index (χ2n) is 4.18. The molecule has 0 bridgehead atoms. The standard InChI is InChI=1S/C16H16O2/c1-3-13-5-4-6-16(11-13)18-15-9-7-14(8-10-15)12(2)17/h4-11H,3H2,1-2H3. The Hall–Kier alpha value is -2.09. The molecular formula is C16H16O2. The lowest BCUT2D eigenvalue weighted by atomic mass is 10.1. The van der Waals surface area contributed by atoms with Crippen LogP contribution in [0.1, 0.15) is 29.8 Å². The second kappa shape index (κ2) is 5.50. The monoisotopic (exact) mass is 240 g/mol. The first-order chi connectivity index (χ1) is 8.69.